The average Bonchev–Trinajstić information content (AvgIpc) is 2.42. The summed E-state index contributed by atoms with van der Waals surface area (Å²) in [6.07, 6.45) is 2.65. The van der Waals surface area contributed by atoms with Crippen LogP contribution in [-0.4, -0.2) is 55.4 Å². The monoisotopic (exact) mass is 260 g/mol. The maximum Gasteiger partial charge on any atom is 0.151 e. The molecule has 0 saturated carbocycles. The molecule has 0 bridgehead atoms. The molecular weight excluding hydrogens is 236 g/mol. The zero-order chi connectivity index (χ0) is 13.7. The van der Waals surface area contributed by atoms with Crippen LogP contribution in [0, 0.1) is 0 Å². The van der Waals surface area contributed by atoms with Gasteiger partial charge in [-0.25, -0.2) is 0 Å². The number of hydrogen-bond acceptors (Lipinski definition) is 3. The molecule has 1 unspecified atom stereocenters. The fourth-order valence-corrected chi connectivity index (χ4v) is 2.64. The van der Waals surface area contributed by atoms with E-state index in [-0.39, 0.29) is 6.04 Å². The van der Waals surface area contributed by atoms with Crippen LogP contribution in [0.2, 0.25) is 0 Å². The average molecular weight is 260 g/mol. The summed E-state index contributed by atoms with van der Waals surface area (Å²) in [7, 11) is 4.16. The van der Waals surface area contributed by atoms with E-state index in [2.05, 4.69) is 48.2 Å². The SMILES string of the molecule is CN1CCN(C)C(C(=O)CCCc2ccccc2)C1. The van der Waals surface area contributed by atoms with E-state index >= 15 is 0 Å². The smallest absolute Gasteiger partial charge is 0.151 e. The van der Waals surface area contributed by atoms with Gasteiger partial charge in [-0.3, -0.25) is 9.69 Å². The lowest BCUT2D eigenvalue weighted by molar-refractivity contribution is -0.125. The van der Waals surface area contributed by atoms with Crippen LogP contribution in [0.1, 0.15) is 18.4 Å². The highest BCUT2D eigenvalue weighted by molar-refractivity contribution is 5.84. The van der Waals surface area contributed by atoms with Gasteiger partial charge in [0.05, 0.1) is 6.04 Å². The minimum Gasteiger partial charge on any atom is -0.303 e. The fourth-order valence-electron chi connectivity index (χ4n) is 2.64. The van der Waals surface area contributed by atoms with Gasteiger partial charge in [-0.15, -0.1) is 0 Å². The Morgan fingerprint density at radius 3 is 2.68 bits per heavy atom. The van der Waals surface area contributed by atoms with Gasteiger partial charge in [-0.2, -0.15) is 0 Å². The van der Waals surface area contributed by atoms with Crippen LogP contribution in [0.25, 0.3) is 0 Å². The molecule has 1 aromatic carbocycles. The Bertz CT molecular complexity index is 404. The van der Waals surface area contributed by atoms with Crippen molar-refractivity contribution in [1.29, 1.82) is 0 Å². The number of carbonyl (C=O) groups excluding carboxylic acids is 1. The topological polar surface area (TPSA) is 23.6 Å². The van der Waals surface area contributed by atoms with E-state index in [1.54, 1.807) is 0 Å². The van der Waals surface area contributed by atoms with E-state index in [1.807, 2.05) is 6.07 Å². The molecule has 1 atom stereocenters. The highest BCUT2D eigenvalue weighted by atomic mass is 16.1. The molecule has 1 aliphatic rings. The molecule has 3 nitrogen and oxygen atoms in total. The van der Waals surface area contributed by atoms with Crippen molar-refractivity contribution >= 4 is 5.78 Å². The molecule has 0 N–H and O–H groups in total. The maximum atomic E-state index is 12.3. The van der Waals surface area contributed by atoms with Crippen LogP contribution in [0.4, 0.5) is 0 Å². The summed E-state index contributed by atoms with van der Waals surface area (Å²) >= 11 is 0. The Morgan fingerprint density at radius 2 is 1.95 bits per heavy atom. The fraction of sp³-hybridized carbons (Fsp3) is 0.562. The first kappa shape index (κ1) is 14.2. The number of likely N-dealkylation sites (N-methyl/N-ethyl adjacent to an activating group) is 2. The largest absolute Gasteiger partial charge is 0.303 e. The van der Waals surface area contributed by atoms with Crippen LogP contribution in [0.5, 0.6) is 0 Å². The Balaban J connectivity index is 1.77. The van der Waals surface area contributed by atoms with Gasteiger partial charge in [0.1, 0.15) is 0 Å². The van der Waals surface area contributed by atoms with Crippen LogP contribution in [-0.2, 0) is 11.2 Å². The van der Waals surface area contributed by atoms with Crippen LogP contribution in [0.3, 0.4) is 0 Å². The maximum absolute atomic E-state index is 12.3. The highest BCUT2D eigenvalue weighted by Gasteiger charge is 2.27. The first-order valence-corrected chi connectivity index (χ1v) is 7.12. The van der Waals surface area contributed by atoms with Gasteiger partial charge in [-0.05, 0) is 32.5 Å². The summed E-state index contributed by atoms with van der Waals surface area (Å²) < 4.78 is 0. The molecule has 104 valence electrons. The molecular formula is C16H24N2O. The van der Waals surface area contributed by atoms with E-state index in [1.165, 1.54) is 5.56 Å². The minimum absolute atomic E-state index is 0.0922. The van der Waals surface area contributed by atoms with Crippen molar-refractivity contribution in [3.63, 3.8) is 0 Å². The number of ketones is 1. The third kappa shape index (κ3) is 4.15. The summed E-state index contributed by atoms with van der Waals surface area (Å²) in [5.41, 5.74) is 1.32. The predicted octanol–water partition coefficient (Wildman–Crippen LogP) is 1.82. The Hall–Kier alpha value is -1.19. The molecule has 1 fully saturated rings. The van der Waals surface area contributed by atoms with E-state index in [9.17, 15) is 4.79 Å². The zero-order valence-electron chi connectivity index (χ0n) is 12.0. The van der Waals surface area contributed by atoms with Gasteiger partial charge in [0.15, 0.2) is 5.78 Å². The number of rotatable bonds is 5. The number of aryl methyl sites for hydroxylation is 1. The zero-order valence-corrected chi connectivity index (χ0v) is 12.0. The first-order chi connectivity index (χ1) is 9.16. The predicted molar refractivity (Wildman–Crippen MR) is 78.3 cm³/mol. The molecule has 0 spiro atoms. The molecule has 0 amide bonds. The molecule has 2 rings (SSSR count). The highest BCUT2D eigenvalue weighted by Crippen LogP contribution is 2.11. The summed E-state index contributed by atoms with van der Waals surface area (Å²) in [5.74, 6) is 0.394. The van der Waals surface area contributed by atoms with Crippen molar-refractivity contribution in [3.05, 3.63) is 35.9 Å². The molecule has 1 aromatic rings. The minimum atomic E-state index is 0.0922. The Morgan fingerprint density at radius 1 is 1.21 bits per heavy atom. The quantitative estimate of drug-likeness (QED) is 0.807. The summed E-state index contributed by atoms with van der Waals surface area (Å²) in [6.45, 7) is 2.93. The second-order valence-corrected chi connectivity index (χ2v) is 5.56. The van der Waals surface area contributed by atoms with Gasteiger partial charge in [0.25, 0.3) is 0 Å². The molecule has 0 radical (unpaired) electrons. The number of Topliss-reactive ketones (excluding diaryl/α,β-unsaturated/α-hetero) is 1. The Labute approximate surface area is 116 Å². The number of nitrogens with zero attached hydrogens (tertiary/aromatic N) is 2. The number of piperazine rings is 1. The molecule has 3 heteroatoms. The lowest BCUT2D eigenvalue weighted by atomic mass is 10.0. The van der Waals surface area contributed by atoms with Gasteiger partial charge < -0.3 is 4.90 Å². The number of benzene rings is 1. The molecule has 0 aromatic heterocycles. The van der Waals surface area contributed by atoms with Crippen LogP contribution < -0.4 is 0 Å². The van der Waals surface area contributed by atoms with Gasteiger partial charge in [0.2, 0.25) is 0 Å². The van der Waals surface area contributed by atoms with Gasteiger partial charge >= 0.3 is 0 Å². The second kappa shape index (κ2) is 6.83. The molecule has 1 aliphatic heterocycles. The first-order valence-electron chi connectivity index (χ1n) is 7.12. The normalized spacial score (nSPS) is 21.5. The van der Waals surface area contributed by atoms with Crippen LogP contribution in [0.15, 0.2) is 30.3 Å². The van der Waals surface area contributed by atoms with Crippen molar-refractivity contribution in [1.82, 2.24) is 9.80 Å². The summed E-state index contributed by atoms with van der Waals surface area (Å²) in [4.78, 5) is 16.7. The van der Waals surface area contributed by atoms with Crippen molar-refractivity contribution in [3.8, 4) is 0 Å². The standard InChI is InChI=1S/C16H24N2O/c1-17-11-12-18(2)15(13-17)16(19)10-6-9-14-7-4-3-5-8-14/h3-5,7-8,15H,6,9-13H2,1-2H3. The van der Waals surface area contributed by atoms with E-state index < -0.39 is 0 Å². The Kier molecular flexibility index (Phi) is 5.11. The van der Waals surface area contributed by atoms with Gasteiger partial charge in [0, 0.05) is 26.1 Å². The summed E-state index contributed by atoms with van der Waals surface area (Å²) in [6, 6.07) is 10.5. The van der Waals surface area contributed by atoms with E-state index in [0.29, 0.717) is 12.2 Å². The van der Waals surface area contributed by atoms with Crippen molar-refractivity contribution in [2.24, 2.45) is 0 Å². The van der Waals surface area contributed by atoms with E-state index in [0.717, 1.165) is 32.5 Å². The lowest BCUT2D eigenvalue weighted by Crippen LogP contribution is -2.53. The molecule has 1 heterocycles. The van der Waals surface area contributed by atoms with E-state index in [4.69, 9.17) is 0 Å². The summed E-state index contributed by atoms with van der Waals surface area (Å²) in [5, 5.41) is 0. The molecule has 19 heavy (non-hydrogen) atoms. The van der Waals surface area contributed by atoms with Crippen molar-refractivity contribution < 1.29 is 4.79 Å². The number of carbonyl (C=O) groups is 1. The van der Waals surface area contributed by atoms with Gasteiger partial charge in [-0.1, -0.05) is 30.3 Å². The van der Waals surface area contributed by atoms with Crippen molar-refractivity contribution in [2.75, 3.05) is 33.7 Å². The second-order valence-electron chi connectivity index (χ2n) is 5.56. The molecule has 0 aliphatic carbocycles. The number of hydrogen-bond donors (Lipinski definition) is 0. The van der Waals surface area contributed by atoms with Crippen molar-refractivity contribution in [2.45, 2.75) is 25.3 Å². The third-order valence-corrected chi connectivity index (χ3v) is 3.95. The van der Waals surface area contributed by atoms with Crippen LogP contribution >= 0.6 is 0 Å². The molecule has 1 saturated heterocycles. The third-order valence-electron chi connectivity index (χ3n) is 3.95. The lowest BCUT2D eigenvalue weighted by Gasteiger charge is -2.36.